The maximum atomic E-state index is 7.64. The molecular formula is C2H6N4O. The topological polar surface area (TPSA) is 120 Å². The third-order valence-electron chi connectivity index (χ3n) is 0.179. The molecule has 0 aromatic carbocycles. The van der Waals surface area contributed by atoms with Gasteiger partial charge in [-0.3, -0.25) is 0 Å². The summed E-state index contributed by atoms with van der Waals surface area (Å²) in [5.41, 5.74) is 9.42. The van der Waals surface area contributed by atoms with E-state index in [-0.39, 0.29) is 11.4 Å². The molecule has 0 rings (SSSR count). The summed E-state index contributed by atoms with van der Waals surface area (Å²) < 4.78 is 0. The normalized spacial score (nSPS) is 5.00. The molecule has 0 saturated heterocycles. The van der Waals surface area contributed by atoms with Crippen LogP contribution in [-0.2, 0) is 0 Å². The highest BCUT2D eigenvalue weighted by molar-refractivity contribution is 5.76. The van der Waals surface area contributed by atoms with E-state index in [1.54, 1.807) is 0 Å². The van der Waals surface area contributed by atoms with Gasteiger partial charge in [0.05, 0.1) is 0 Å². The van der Waals surface area contributed by atoms with Crippen molar-refractivity contribution in [3.8, 4) is 6.19 Å². The molecule has 0 aliphatic heterocycles. The van der Waals surface area contributed by atoms with Crippen LogP contribution in [-0.4, -0.2) is 11.4 Å². The van der Waals surface area contributed by atoms with Crippen molar-refractivity contribution >= 4 is 5.96 Å². The molecule has 0 amide bonds. The molecule has 0 spiro atoms. The summed E-state index contributed by atoms with van der Waals surface area (Å²) in [6, 6.07) is 0. The summed E-state index contributed by atoms with van der Waals surface area (Å²) in [4.78, 5) is 2.90. The molecule has 0 aliphatic carbocycles. The number of nitrogens with zero attached hydrogens (tertiary/aromatic N) is 2. The maximum Gasteiger partial charge on any atom is 0.209 e. The van der Waals surface area contributed by atoms with E-state index in [2.05, 4.69) is 4.99 Å². The van der Waals surface area contributed by atoms with Crippen LogP contribution in [0.3, 0.4) is 0 Å². The van der Waals surface area contributed by atoms with E-state index in [0.717, 1.165) is 0 Å². The Labute approximate surface area is 40.6 Å². The maximum absolute atomic E-state index is 7.64. The van der Waals surface area contributed by atoms with Gasteiger partial charge in [0.15, 0.2) is 0 Å². The first kappa shape index (κ1) is 9.21. The van der Waals surface area contributed by atoms with Crippen molar-refractivity contribution in [1.82, 2.24) is 0 Å². The largest absolute Gasteiger partial charge is 0.412 e. The van der Waals surface area contributed by atoms with Gasteiger partial charge in [-0.2, -0.15) is 5.26 Å². The van der Waals surface area contributed by atoms with E-state index >= 15 is 0 Å². The zero-order valence-electron chi connectivity index (χ0n) is 3.55. The zero-order chi connectivity index (χ0) is 4.99. The second-order valence-electron chi connectivity index (χ2n) is 0.637. The van der Waals surface area contributed by atoms with Gasteiger partial charge in [0.1, 0.15) is 0 Å². The molecule has 0 bridgehead atoms. The van der Waals surface area contributed by atoms with Gasteiger partial charge in [0.25, 0.3) is 0 Å². The van der Waals surface area contributed by atoms with E-state index in [1.807, 2.05) is 0 Å². The van der Waals surface area contributed by atoms with E-state index in [0.29, 0.717) is 0 Å². The molecule has 6 N–H and O–H groups in total. The molecule has 0 atom stereocenters. The van der Waals surface area contributed by atoms with Crippen molar-refractivity contribution in [3.05, 3.63) is 0 Å². The predicted octanol–water partition coefficient (Wildman–Crippen LogP) is -2.08. The lowest BCUT2D eigenvalue weighted by Crippen LogP contribution is -2.21. The van der Waals surface area contributed by atoms with E-state index < -0.39 is 0 Å². The summed E-state index contributed by atoms with van der Waals surface area (Å²) in [5, 5.41) is 7.64. The Morgan fingerprint density at radius 1 is 1.57 bits per heavy atom. The number of aliphatic imine (C=N–C) groups is 1. The molecule has 0 radical (unpaired) electrons. The predicted molar refractivity (Wildman–Crippen MR) is 25.0 cm³/mol. The van der Waals surface area contributed by atoms with Crippen LogP contribution < -0.4 is 11.5 Å². The van der Waals surface area contributed by atoms with Crippen LogP contribution in [0.25, 0.3) is 0 Å². The molecule has 0 fully saturated rings. The van der Waals surface area contributed by atoms with Gasteiger partial charge in [-0.1, -0.05) is 0 Å². The fourth-order valence-corrected chi connectivity index (χ4v) is 0.0577. The van der Waals surface area contributed by atoms with Crippen molar-refractivity contribution in [3.63, 3.8) is 0 Å². The van der Waals surface area contributed by atoms with Crippen molar-refractivity contribution in [2.45, 2.75) is 0 Å². The van der Waals surface area contributed by atoms with Crippen LogP contribution in [0.15, 0.2) is 4.99 Å². The highest BCUT2D eigenvalue weighted by Gasteiger charge is 1.67. The minimum atomic E-state index is -0.197. The van der Waals surface area contributed by atoms with Gasteiger partial charge < -0.3 is 16.9 Å². The lowest BCUT2D eigenvalue weighted by Gasteiger charge is -1.74. The third kappa shape index (κ3) is 11.8. The van der Waals surface area contributed by atoms with Crippen LogP contribution in [0.4, 0.5) is 0 Å². The number of rotatable bonds is 0. The fourth-order valence-electron chi connectivity index (χ4n) is 0.0577. The Balaban J connectivity index is 0. The van der Waals surface area contributed by atoms with Crippen LogP contribution >= 0.6 is 0 Å². The van der Waals surface area contributed by atoms with Crippen molar-refractivity contribution in [1.29, 1.82) is 5.26 Å². The van der Waals surface area contributed by atoms with Crippen LogP contribution in [0, 0.1) is 11.5 Å². The Bertz CT molecular complexity index is 96.7. The highest BCUT2D eigenvalue weighted by Crippen LogP contribution is 1.49. The van der Waals surface area contributed by atoms with E-state index in [9.17, 15) is 0 Å². The first-order valence-electron chi connectivity index (χ1n) is 1.25. The lowest BCUT2D eigenvalue weighted by atomic mass is 11.1. The molecule has 40 valence electrons. The minimum absolute atomic E-state index is 0. The fraction of sp³-hybridized carbons (Fsp3) is 0. The summed E-state index contributed by atoms with van der Waals surface area (Å²) in [6.07, 6.45) is 1.41. The standard InChI is InChI=1S/C2H4N4.H2O/c3-1-6-2(4)5;/h(H4,4,5,6);1H2. The highest BCUT2D eigenvalue weighted by atomic mass is 16.0. The van der Waals surface area contributed by atoms with E-state index in [4.69, 9.17) is 16.7 Å². The van der Waals surface area contributed by atoms with Gasteiger partial charge in [0.2, 0.25) is 12.2 Å². The first-order valence-corrected chi connectivity index (χ1v) is 1.25. The average molecular weight is 102 g/mol. The SMILES string of the molecule is N#CN=C(N)N.O. The van der Waals surface area contributed by atoms with Crippen LogP contribution in [0.5, 0.6) is 0 Å². The number of hydrogen-bond acceptors (Lipinski definition) is 2. The second-order valence-corrected chi connectivity index (χ2v) is 0.637. The van der Waals surface area contributed by atoms with Crippen molar-refractivity contribution in [2.75, 3.05) is 0 Å². The van der Waals surface area contributed by atoms with Gasteiger partial charge in [-0.25, -0.2) is 0 Å². The molecular weight excluding hydrogens is 96.0 g/mol. The summed E-state index contributed by atoms with van der Waals surface area (Å²) in [5.74, 6) is -0.197. The summed E-state index contributed by atoms with van der Waals surface area (Å²) in [6.45, 7) is 0. The van der Waals surface area contributed by atoms with Gasteiger partial charge >= 0.3 is 0 Å². The van der Waals surface area contributed by atoms with Crippen molar-refractivity contribution in [2.24, 2.45) is 16.5 Å². The van der Waals surface area contributed by atoms with Gasteiger partial charge in [0, 0.05) is 0 Å². The number of nitrogens with two attached hydrogens (primary N) is 2. The van der Waals surface area contributed by atoms with Crippen molar-refractivity contribution < 1.29 is 5.48 Å². The molecule has 0 aromatic heterocycles. The Morgan fingerprint density at radius 2 is 2.00 bits per heavy atom. The number of guanidine groups is 1. The molecule has 5 nitrogen and oxygen atoms in total. The Kier molecular flexibility index (Phi) is 6.21. The first-order chi connectivity index (χ1) is 2.77. The molecule has 0 heterocycles. The van der Waals surface area contributed by atoms with Crippen LogP contribution in [0.2, 0.25) is 0 Å². The van der Waals surface area contributed by atoms with E-state index in [1.165, 1.54) is 6.19 Å². The molecule has 0 saturated carbocycles. The second kappa shape index (κ2) is 4.72. The molecule has 5 heteroatoms. The monoisotopic (exact) mass is 102 g/mol. The number of hydrogen-bond donors (Lipinski definition) is 2. The third-order valence-corrected chi connectivity index (χ3v) is 0.179. The molecule has 0 aliphatic rings. The molecule has 7 heavy (non-hydrogen) atoms. The minimum Gasteiger partial charge on any atom is -0.412 e. The summed E-state index contributed by atoms with van der Waals surface area (Å²) in [7, 11) is 0. The van der Waals surface area contributed by atoms with Gasteiger partial charge in [-0.05, 0) is 0 Å². The Morgan fingerprint density at radius 3 is 2.00 bits per heavy atom. The lowest BCUT2D eigenvalue weighted by molar-refractivity contribution is 0.824. The van der Waals surface area contributed by atoms with Gasteiger partial charge in [-0.15, -0.1) is 4.99 Å². The average Bonchev–Trinajstić information content (AvgIpc) is 1.35. The quantitative estimate of drug-likeness (QED) is 0.207. The zero-order valence-corrected chi connectivity index (χ0v) is 3.55. The Hall–Kier alpha value is -1.28. The molecule has 0 aromatic rings. The summed E-state index contributed by atoms with van der Waals surface area (Å²) >= 11 is 0. The van der Waals surface area contributed by atoms with Crippen LogP contribution in [0.1, 0.15) is 0 Å². The molecule has 0 unspecified atom stereocenters. The smallest absolute Gasteiger partial charge is 0.209 e. The number of nitriles is 1.